The van der Waals surface area contributed by atoms with E-state index in [-0.39, 0.29) is 0 Å². The Kier molecular flexibility index (Phi) is 9.24. The molecule has 0 aliphatic rings. The summed E-state index contributed by atoms with van der Waals surface area (Å²) in [4.78, 5) is 2.19. The fourth-order valence-electron chi connectivity index (χ4n) is 2.01. The molecule has 0 bridgehead atoms. The van der Waals surface area contributed by atoms with Gasteiger partial charge in [0.05, 0.1) is 29.4 Å². The Morgan fingerprint density at radius 3 is 2.29 bits per heavy atom. The fraction of sp³-hybridized carbons (Fsp3) is 0.600. The van der Waals surface area contributed by atoms with Crippen molar-refractivity contribution in [3.8, 4) is 0 Å². The van der Waals surface area contributed by atoms with Crippen LogP contribution >= 0.6 is 23.2 Å². The number of rotatable bonds is 10. The van der Waals surface area contributed by atoms with Crippen molar-refractivity contribution in [1.82, 2.24) is 4.90 Å². The highest BCUT2D eigenvalue weighted by Gasteiger charge is 2.15. The van der Waals surface area contributed by atoms with Gasteiger partial charge in [-0.1, -0.05) is 35.3 Å². The number of hydrogen-bond donors (Lipinski definition) is 1. The molecule has 0 saturated heterocycles. The van der Waals surface area contributed by atoms with Gasteiger partial charge in [0, 0.05) is 39.4 Å². The third-order valence-corrected chi connectivity index (χ3v) is 4.12. The van der Waals surface area contributed by atoms with E-state index in [0.717, 1.165) is 19.6 Å². The van der Waals surface area contributed by atoms with E-state index < -0.39 is 6.10 Å². The second-order valence-electron chi connectivity index (χ2n) is 4.77. The molecule has 1 aromatic carbocycles. The summed E-state index contributed by atoms with van der Waals surface area (Å²) < 4.78 is 10.2. The molecule has 0 heterocycles. The molecule has 0 fully saturated rings. The molecule has 1 rings (SSSR count). The van der Waals surface area contributed by atoms with Gasteiger partial charge in [-0.25, -0.2) is 0 Å². The van der Waals surface area contributed by atoms with Gasteiger partial charge in [0.15, 0.2) is 0 Å². The summed E-state index contributed by atoms with van der Waals surface area (Å²) in [6.45, 7) is 3.64. The zero-order chi connectivity index (χ0) is 15.7. The number of aliphatic hydroxyl groups excluding tert-OH is 1. The van der Waals surface area contributed by atoms with E-state index in [9.17, 15) is 5.11 Å². The second-order valence-corrected chi connectivity index (χ2v) is 5.56. The minimum Gasteiger partial charge on any atom is -0.388 e. The molecule has 21 heavy (non-hydrogen) atoms. The summed E-state index contributed by atoms with van der Waals surface area (Å²) in [6.07, 6.45) is -0.0585. The molecule has 1 atom stereocenters. The summed E-state index contributed by atoms with van der Waals surface area (Å²) in [5.74, 6) is 0. The quantitative estimate of drug-likeness (QED) is 0.713. The maximum Gasteiger partial charge on any atom is 0.0817 e. The van der Waals surface area contributed by atoms with Gasteiger partial charge in [0.2, 0.25) is 0 Å². The smallest absolute Gasteiger partial charge is 0.0817 e. The molecule has 0 amide bonds. The van der Waals surface area contributed by atoms with E-state index in [1.807, 2.05) is 0 Å². The summed E-state index contributed by atoms with van der Waals surface area (Å²) in [5, 5.41) is 11.2. The Bertz CT molecular complexity index is 410. The van der Waals surface area contributed by atoms with Crippen molar-refractivity contribution in [2.75, 3.05) is 47.1 Å². The van der Waals surface area contributed by atoms with Crippen LogP contribution in [0.2, 0.25) is 10.0 Å². The van der Waals surface area contributed by atoms with Crippen LogP contribution in [0.15, 0.2) is 18.2 Å². The zero-order valence-electron chi connectivity index (χ0n) is 12.5. The summed E-state index contributed by atoms with van der Waals surface area (Å²) in [5.41, 5.74) is 0.669. The molecular formula is C15H23Cl2NO3. The van der Waals surface area contributed by atoms with Crippen molar-refractivity contribution in [1.29, 1.82) is 0 Å². The van der Waals surface area contributed by atoms with E-state index in [0.29, 0.717) is 35.2 Å². The Morgan fingerprint density at radius 1 is 1.10 bits per heavy atom. The van der Waals surface area contributed by atoms with Gasteiger partial charge in [-0.05, 0) is 12.5 Å². The van der Waals surface area contributed by atoms with Gasteiger partial charge >= 0.3 is 0 Å². The van der Waals surface area contributed by atoms with Gasteiger partial charge in [0.25, 0.3) is 0 Å². The number of aliphatic hydroxyl groups is 1. The number of nitrogens with zero attached hydrogens (tertiary/aromatic N) is 1. The lowest BCUT2D eigenvalue weighted by atomic mass is 10.1. The summed E-state index contributed by atoms with van der Waals surface area (Å²) in [6, 6.07) is 5.30. The molecule has 4 nitrogen and oxygen atoms in total. The molecule has 0 aliphatic carbocycles. The van der Waals surface area contributed by atoms with Gasteiger partial charge < -0.3 is 14.6 Å². The van der Waals surface area contributed by atoms with Crippen molar-refractivity contribution in [2.24, 2.45) is 0 Å². The minimum atomic E-state index is -0.635. The zero-order valence-corrected chi connectivity index (χ0v) is 14.0. The Labute approximate surface area is 136 Å². The number of methoxy groups -OCH3 is 2. The van der Waals surface area contributed by atoms with E-state index in [1.54, 1.807) is 32.4 Å². The van der Waals surface area contributed by atoms with Crippen LogP contribution < -0.4 is 0 Å². The average Bonchev–Trinajstić information content (AvgIpc) is 2.49. The first-order valence-electron chi connectivity index (χ1n) is 6.92. The molecule has 0 spiro atoms. The van der Waals surface area contributed by atoms with Crippen LogP contribution in [0.1, 0.15) is 18.1 Å². The van der Waals surface area contributed by atoms with E-state index in [4.69, 9.17) is 32.7 Å². The summed E-state index contributed by atoms with van der Waals surface area (Å²) >= 11 is 12.1. The maximum atomic E-state index is 10.3. The fourth-order valence-corrected chi connectivity index (χ4v) is 2.45. The molecule has 120 valence electrons. The maximum absolute atomic E-state index is 10.3. The van der Waals surface area contributed by atoms with Gasteiger partial charge in [-0.3, -0.25) is 4.90 Å². The van der Waals surface area contributed by atoms with Crippen LogP contribution in [0.25, 0.3) is 0 Å². The Morgan fingerprint density at radius 2 is 1.71 bits per heavy atom. The number of ether oxygens (including phenoxy) is 2. The molecule has 0 aromatic heterocycles. The first kappa shape index (κ1) is 18.7. The Balaban J connectivity index is 2.55. The predicted molar refractivity (Wildman–Crippen MR) is 86.2 cm³/mol. The molecule has 6 heteroatoms. The average molecular weight is 336 g/mol. The number of benzene rings is 1. The predicted octanol–water partition coefficient (Wildman–Crippen LogP) is 3.01. The lowest BCUT2D eigenvalue weighted by Gasteiger charge is -2.23. The molecule has 0 saturated carbocycles. The molecular weight excluding hydrogens is 313 g/mol. The molecule has 0 aliphatic heterocycles. The lowest BCUT2D eigenvalue weighted by Crippen LogP contribution is -2.32. The van der Waals surface area contributed by atoms with Crippen LogP contribution in [-0.2, 0) is 9.47 Å². The van der Waals surface area contributed by atoms with Crippen molar-refractivity contribution >= 4 is 23.2 Å². The standard InChI is InChI=1S/C15H23Cl2NO3/c1-20-10-8-18(9-11-21-2)7-6-14(19)12-4-3-5-13(16)15(12)17/h3-5,14,19H,6-11H2,1-2H3. The lowest BCUT2D eigenvalue weighted by molar-refractivity contribution is 0.0945. The first-order chi connectivity index (χ1) is 10.1. The van der Waals surface area contributed by atoms with E-state index in [2.05, 4.69) is 4.90 Å². The Hall–Kier alpha value is -0.360. The van der Waals surface area contributed by atoms with E-state index in [1.165, 1.54) is 0 Å². The van der Waals surface area contributed by atoms with Crippen LogP contribution in [0.3, 0.4) is 0 Å². The largest absolute Gasteiger partial charge is 0.388 e. The first-order valence-corrected chi connectivity index (χ1v) is 7.68. The highest BCUT2D eigenvalue weighted by Crippen LogP contribution is 2.31. The SMILES string of the molecule is COCCN(CCOC)CCC(O)c1cccc(Cl)c1Cl. The van der Waals surface area contributed by atoms with Crippen LogP contribution in [0, 0.1) is 0 Å². The van der Waals surface area contributed by atoms with Crippen molar-refractivity contribution < 1.29 is 14.6 Å². The third-order valence-electron chi connectivity index (χ3n) is 3.28. The van der Waals surface area contributed by atoms with Crippen LogP contribution in [0.5, 0.6) is 0 Å². The highest BCUT2D eigenvalue weighted by molar-refractivity contribution is 6.42. The number of hydrogen-bond acceptors (Lipinski definition) is 4. The topological polar surface area (TPSA) is 41.9 Å². The van der Waals surface area contributed by atoms with Gasteiger partial charge in [-0.15, -0.1) is 0 Å². The molecule has 0 radical (unpaired) electrons. The highest BCUT2D eigenvalue weighted by atomic mass is 35.5. The van der Waals surface area contributed by atoms with Gasteiger partial charge in [-0.2, -0.15) is 0 Å². The second kappa shape index (κ2) is 10.4. The van der Waals surface area contributed by atoms with Gasteiger partial charge in [0.1, 0.15) is 0 Å². The van der Waals surface area contributed by atoms with Crippen LogP contribution in [-0.4, -0.2) is 57.1 Å². The summed E-state index contributed by atoms with van der Waals surface area (Å²) in [7, 11) is 3.35. The normalized spacial score (nSPS) is 12.9. The molecule has 1 N–H and O–H groups in total. The molecule has 1 unspecified atom stereocenters. The van der Waals surface area contributed by atoms with Crippen molar-refractivity contribution in [3.63, 3.8) is 0 Å². The number of halogens is 2. The van der Waals surface area contributed by atoms with E-state index >= 15 is 0 Å². The minimum absolute atomic E-state index is 0.423. The van der Waals surface area contributed by atoms with Crippen LogP contribution in [0.4, 0.5) is 0 Å². The monoisotopic (exact) mass is 335 g/mol. The molecule has 1 aromatic rings. The van der Waals surface area contributed by atoms with Crippen molar-refractivity contribution in [3.05, 3.63) is 33.8 Å². The third kappa shape index (κ3) is 6.51. The van der Waals surface area contributed by atoms with Crippen molar-refractivity contribution in [2.45, 2.75) is 12.5 Å².